The number of hydrogen-bond acceptors (Lipinski definition) is 9. The molecule has 14 heteroatoms. The van der Waals surface area contributed by atoms with Crippen molar-refractivity contribution in [1.29, 1.82) is 0 Å². The van der Waals surface area contributed by atoms with Crippen LogP contribution in [0.25, 0.3) is 11.0 Å². The third-order valence-corrected chi connectivity index (χ3v) is 8.68. The first-order valence-electron chi connectivity index (χ1n) is 13.6. The maximum absolute atomic E-state index is 13.6. The number of hydrogen-bond donors (Lipinski definition) is 2. The van der Waals surface area contributed by atoms with Crippen molar-refractivity contribution in [1.82, 2.24) is 19.6 Å². The molecule has 1 aromatic carbocycles. The molecule has 0 saturated heterocycles. The van der Waals surface area contributed by atoms with Gasteiger partial charge in [0.05, 0.1) is 29.3 Å². The molecule has 1 fully saturated rings. The Bertz CT molecular complexity index is 1630. The van der Waals surface area contributed by atoms with Crippen molar-refractivity contribution in [2.45, 2.75) is 75.6 Å². The van der Waals surface area contributed by atoms with Crippen LogP contribution in [0.1, 0.15) is 46.5 Å². The van der Waals surface area contributed by atoms with Gasteiger partial charge in [0.15, 0.2) is 4.90 Å². The molecule has 1 unspecified atom stereocenters. The van der Waals surface area contributed by atoms with Crippen LogP contribution in [0.3, 0.4) is 0 Å². The molecular weight excluding hydrogens is 566 g/mol. The topological polar surface area (TPSA) is 172 Å². The summed E-state index contributed by atoms with van der Waals surface area (Å²) >= 11 is 0. The Hall–Kier alpha value is -4.04. The van der Waals surface area contributed by atoms with Crippen LogP contribution in [0.15, 0.2) is 58.4 Å². The average Bonchev–Trinajstić information content (AvgIpc) is 2.93. The number of pyridine rings is 2. The van der Waals surface area contributed by atoms with Crippen molar-refractivity contribution in [3.63, 3.8) is 0 Å². The van der Waals surface area contributed by atoms with Crippen LogP contribution in [-0.2, 0) is 21.3 Å². The minimum atomic E-state index is -4.37. The van der Waals surface area contributed by atoms with Gasteiger partial charge in [0.1, 0.15) is 11.4 Å². The van der Waals surface area contributed by atoms with Gasteiger partial charge in [0.25, 0.3) is 11.2 Å². The van der Waals surface area contributed by atoms with Crippen molar-refractivity contribution in [2.75, 3.05) is 7.11 Å². The second-order valence-electron chi connectivity index (χ2n) is 11.3. The highest BCUT2D eigenvalue weighted by molar-refractivity contribution is 7.89. The molecule has 226 valence electrons. The van der Waals surface area contributed by atoms with E-state index in [1.165, 1.54) is 42.1 Å². The number of amides is 1. The van der Waals surface area contributed by atoms with Gasteiger partial charge in [-0.2, -0.15) is 0 Å². The number of benzene rings is 1. The molecule has 1 aliphatic carbocycles. The molecule has 2 aromatic heterocycles. The molecular formula is C28H35N5O8S. The summed E-state index contributed by atoms with van der Waals surface area (Å²) in [4.78, 5) is 40.1. The molecule has 1 atom stereocenters. The average molecular weight is 602 g/mol. The Kier molecular flexibility index (Phi) is 9.16. The van der Waals surface area contributed by atoms with E-state index < -0.39 is 43.3 Å². The van der Waals surface area contributed by atoms with Gasteiger partial charge in [-0.25, -0.2) is 17.9 Å². The number of nitro benzene ring substituents is 1. The van der Waals surface area contributed by atoms with Gasteiger partial charge in [-0.3, -0.25) is 19.9 Å². The second kappa shape index (κ2) is 12.4. The van der Waals surface area contributed by atoms with E-state index in [1.54, 1.807) is 32.9 Å². The summed E-state index contributed by atoms with van der Waals surface area (Å²) in [6, 6.07) is 8.72. The predicted molar refractivity (Wildman–Crippen MR) is 155 cm³/mol. The zero-order valence-corrected chi connectivity index (χ0v) is 24.7. The lowest BCUT2D eigenvalue weighted by Crippen LogP contribution is -2.48. The van der Waals surface area contributed by atoms with Crippen LogP contribution in [0.4, 0.5) is 10.5 Å². The van der Waals surface area contributed by atoms with Crippen molar-refractivity contribution in [2.24, 2.45) is 5.92 Å². The number of sulfonamides is 1. The van der Waals surface area contributed by atoms with E-state index >= 15 is 0 Å². The molecule has 0 spiro atoms. The van der Waals surface area contributed by atoms with Crippen molar-refractivity contribution in [3.8, 4) is 5.75 Å². The Morgan fingerprint density at radius 3 is 2.50 bits per heavy atom. The fourth-order valence-electron chi connectivity index (χ4n) is 5.17. The van der Waals surface area contributed by atoms with Gasteiger partial charge >= 0.3 is 6.09 Å². The number of nitrogens with zero attached hydrogens (tertiary/aromatic N) is 3. The highest BCUT2D eigenvalue weighted by Gasteiger charge is 2.35. The fraction of sp³-hybridized carbons (Fsp3) is 0.464. The second-order valence-corrected chi connectivity index (χ2v) is 13.0. The number of nitrogens with one attached hydrogen (secondary N) is 2. The molecule has 1 saturated carbocycles. The molecule has 1 aliphatic rings. The van der Waals surface area contributed by atoms with Gasteiger partial charge in [-0.1, -0.05) is 12.1 Å². The van der Waals surface area contributed by atoms with Crippen LogP contribution in [0, 0.1) is 16.0 Å². The molecule has 0 radical (unpaired) electrons. The highest BCUT2D eigenvalue weighted by Crippen LogP contribution is 2.31. The maximum Gasteiger partial charge on any atom is 0.407 e. The van der Waals surface area contributed by atoms with Crippen LogP contribution in [-0.4, -0.2) is 53.8 Å². The standard InChI is InChI=1S/C28H35N5O8S/c1-28(2,3)41-27(35)30-19-11-9-18(10-12-19)22(31-42(38,39)25-8-6-5-7-23(25)33(36)37)17-32-24-15-20(40-4)16-29-21(24)13-14-26(32)34/h5-8,13-16,18-19,22,31H,9-12,17H2,1-4H3,(H,30,35)/t18-,19-,22?. The molecule has 0 bridgehead atoms. The summed E-state index contributed by atoms with van der Waals surface area (Å²) in [6.45, 7) is 5.27. The van der Waals surface area contributed by atoms with Crippen LogP contribution >= 0.6 is 0 Å². The number of methoxy groups -OCH3 is 1. The van der Waals surface area contributed by atoms with E-state index in [4.69, 9.17) is 9.47 Å². The molecule has 3 aromatic rings. The monoisotopic (exact) mass is 601 g/mol. The number of fused-ring (bicyclic) bond motifs is 1. The number of carbonyl (C=O) groups excluding carboxylic acids is 1. The largest absolute Gasteiger partial charge is 0.495 e. The summed E-state index contributed by atoms with van der Waals surface area (Å²) in [6.07, 6.45) is 3.13. The van der Waals surface area contributed by atoms with Crippen molar-refractivity contribution in [3.05, 3.63) is 69.1 Å². The van der Waals surface area contributed by atoms with Gasteiger partial charge in [-0.15, -0.1) is 0 Å². The highest BCUT2D eigenvalue weighted by atomic mass is 32.2. The van der Waals surface area contributed by atoms with Gasteiger partial charge in [0.2, 0.25) is 10.0 Å². The Balaban J connectivity index is 1.66. The first-order chi connectivity index (χ1) is 19.8. The molecule has 1 amide bonds. The number of aromatic nitrogens is 2. The van der Waals surface area contributed by atoms with E-state index in [0.29, 0.717) is 42.5 Å². The third-order valence-electron chi connectivity index (χ3n) is 7.15. The number of ether oxygens (including phenoxy) is 2. The maximum atomic E-state index is 13.6. The molecule has 2 N–H and O–H groups in total. The fourth-order valence-corrected chi connectivity index (χ4v) is 6.63. The number of para-hydroxylation sites is 1. The van der Waals surface area contributed by atoms with E-state index in [-0.39, 0.29) is 24.1 Å². The number of alkyl carbamates (subject to hydrolysis) is 1. The van der Waals surface area contributed by atoms with E-state index in [1.807, 2.05) is 0 Å². The smallest absolute Gasteiger partial charge is 0.407 e. The minimum Gasteiger partial charge on any atom is -0.495 e. The summed E-state index contributed by atoms with van der Waals surface area (Å²) < 4.78 is 41.9. The first kappa shape index (κ1) is 30.9. The lowest BCUT2D eigenvalue weighted by atomic mass is 9.81. The summed E-state index contributed by atoms with van der Waals surface area (Å²) in [5.41, 5.74) is -0.593. The Morgan fingerprint density at radius 1 is 1.17 bits per heavy atom. The quantitative estimate of drug-likeness (QED) is 0.274. The molecule has 42 heavy (non-hydrogen) atoms. The first-order valence-corrected chi connectivity index (χ1v) is 15.0. The zero-order chi connectivity index (χ0) is 30.7. The molecule has 2 heterocycles. The Morgan fingerprint density at radius 2 is 1.86 bits per heavy atom. The molecule has 4 rings (SSSR count). The SMILES string of the molecule is COc1cnc2ccc(=O)n(CC(NS(=O)(=O)c3ccccc3[N+](=O)[O-])[C@H]3CC[C@H](NC(=O)OC(C)(C)C)CC3)c2c1. The summed E-state index contributed by atoms with van der Waals surface area (Å²) in [5.74, 6) is 0.174. The normalized spacial score (nSPS) is 18.3. The Labute approximate surface area is 243 Å². The van der Waals surface area contributed by atoms with Crippen molar-refractivity contribution >= 4 is 32.8 Å². The number of rotatable bonds is 9. The summed E-state index contributed by atoms with van der Waals surface area (Å²) in [5, 5.41) is 14.5. The van der Waals surface area contributed by atoms with Crippen LogP contribution in [0.2, 0.25) is 0 Å². The lowest BCUT2D eigenvalue weighted by molar-refractivity contribution is -0.387. The van der Waals surface area contributed by atoms with Crippen LogP contribution in [0.5, 0.6) is 5.75 Å². The number of nitro groups is 1. The lowest BCUT2D eigenvalue weighted by Gasteiger charge is -2.35. The third kappa shape index (κ3) is 7.42. The van der Waals surface area contributed by atoms with Gasteiger partial charge < -0.3 is 19.4 Å². The van der Waals surface area contributed by atoms with E-state index in [0.717, 1.165) is 6.07 Å². The zero-order valence-electron chi connectivity index (χ0n) is 23.9. The van der Waals surface area contributed by atoms with E-state index in [9.17, 15) is 28.1 Å². The number of carbonyl (C=O) groups is 1. The van der Waals surface area contributed by atoms with Gasteiger partial charge in [-0.05, 0) is 64.5 Å². The minimum absolute atomic E-state index is 0.0558. The van der Waals surface area contributed by atoms with Crippen LogP contribution < -0.4 is 20.3 Å². The predicted octanol–water partition coefficient (Wildman–Crippen LogP) is 3.74. The molecule has 13 nitrogen and oxygen atoms in total. The van der Waals surface area contributed by atoms with Crippen molar-refractivity contribution < 1.29 is 27.6 Å². The van der Waals surface area contributed by atoms with Gasteiger partial charge in [0, 0.05) is 36.8 Å². The van der Waals surface area contributed by atoms with E-state index in [2.05, 4.69) is 15.0 Å². The summed E-state index contributed by atoms with van der Waals surface area (Å²) in [7, 11) is -2.90. The molecule has 0 aliphatic heterocycles.